The van der Waals surface area contributed by atoms with E-state index in [9.17, 15) is 9.59 Å². The maximum absolute atomic E-state index is 12.4. The molecule has 0 amide bonds. The molecule has 4 rings (SSSR count). The van der Waals surface area contributed by atoms with Gasteiger partial charge in [0, 0.05) is 0 Å². The Morgan fingerprint density at radius 2 is 1.36 bits per heavy atom. The molecule has 0 unspecified atom stereocenters. The SMILES string of the molecule is CCOC(=O)C(=Cc1cc2cccc3ccc4cccc1c4c32)C(=O)OCC. The summed E-state index contributed by atoms with van der Waals surface area (Å²) < 4.78 is 10.2. The number of hydrogen-bond acceptors (Lipinski definition) is 4. The molecule has 4 nitrogen and oxygen atoms in total. The first kappa shape index (κ1) is 18.0. The average molecular weight is 372 g/mol. The molecule has 4 aromatic carbocycles. The number of esters is 2. The van der Waals surface area contributed by atoms with Crippen molar-refractivity contribution < 1.29 is 19.1 Å². The van der Waals surface area contributed by atoms with Gasteiger partial charge in [-0.05, 0) is 63.9 Å². The number of rotatable bonds is 5. The quantitative estimate of drug-likeness (QED) is 0.161. The third-order valence-corrected chi connectivity index (χ3v) is 4.83. The Labute approximate surface area is 162 Å². The molecular weight excluding hydrogens is 352 g/mol. The predicted molar refractivity (Wildman–Crippen MR) is 111 cm³/mol. The molecule has 0 saturated carbocycles. The van der Waals surface area contributed by atoms with Gasteiger partial charge in [-0.15, -0.1) is 0 Å². The van der Waals surface area contributed by atoms with Crippen LogP contribution in [0.4, 0.5) is 0 Å². The maximum atomic E-state index is 12.4. The van der Waals surface area contributed by atoms with Gasteiger partial charge in [0.1, 0.15) is 5.57 Å². The lowest BCUT2D eigenvalue weighted by Gasteiger charge is -2.14. The second-order valence-electron chi connectivity index (χ2n) is 6.51. The van der Waals surface area contributed by atoms with Crippen LogP contribution in [0, 0.1) is 0 Å². The first-order valence-corrected chi connectivity index (χ1v) is 9.36. The van der Waals surface area contributed by atoms with Gasteiger partial charge in [0.25, 0.3) is 0 Å². The minimum atomic E-state index is -0.675. The van der Waals surface area contributed by atoms with Crippen LogP contribution < -0.4 is 0 Å². The average Bonchev–Trinajstić information content (AvgIpc) is 2.70. The van der Waals surface area contributed by atoms with E-state index >= 15 is 0 Å². The van der Waals surface area contributed by atoms with Crippen molar-refractivity contribution in [2.24, 2.45) is 0 Å². The molecule has 4 heteroatoms. The first-order valence-electron chi connectivity index (χ1n) is 9.36. The third kappa shape index (κ3) is 2.97. The molecular formula is C24H20O4. The minimum Gasteiger partial charge on any atom is -0.462 e. The molecule has 4 aromatic rings. The van der Waals surface area contributed by atoms with Crippen LogP contribution in [0.2, 0.25) is 0 Å². The second-order valence-corrected chi connectivity index (χ2v) is 6.51. The van der Waals surface area contributed by atoms with E-state index in [4.69, 9.17) is 9.47 Å². The monoisotopic (exact) mass is 372 g/mol. The summed E-state index contributed by atoms with van der Waals surface area (Å²) in [4.78, 5) is 24.8. The van der Waals surface area contributed by atoms with E-state index in [1.807, 2.05) is 30.3 Å². The number of hydrogen-bond donors (Lipinski definition) is 0. The number of ether oxygens (including phenoxy) is 2. The normalized spacial score (nSPS) is 11.1. The fourth-order valence-electron chi connectivity index (χ4n) is 3.68. The van der Waals surface area contributed by atoms with Crippen LogP contribution in [0.3, 0.4) is 0 Å². The van der Waals surface area contributed by atoms with Crippen LogP contribution in [-0.4, -0.2) is 25.2 Å². The summed E-state index contributed by atoms with van der Waals surface area (Å²) in [7, 11) is 0. The molecule has 0 radical (unpaired) electrons. The lowest BCUT2D eigenvalue weighted by Crippen LogP contribution is -2.18. The third-order valence-electron chi connectivity index (χ3n) is 4.83. The van der Waals surface area contributed by atoms with Gasteiger partial charge in [-0.3, -0.25) is 0 Å². The summed E-state index contributed by atoms with van der Waals surface area (Å²) in [5.41, 5.74) is 0.686. The fraction of sp³-hybridized carbons (Fsp3) is 0.167. The van der Waals surface area contributed by atoms with Crippen LogP contribution >= 0.6 is 0 Å². The lowest BCUT2D eigenvalue weighted by atomic mass is 9.91. The highest BCUT2D eigenvalue weighted by Crippen LogP contribution is 2.37. The number of carbonyl (C=O) groups is 2. The van der Waals surface area contributed by atoms with Gasteiger partial charge in [-0.1, -0.05) is 48.5 Å². The zero-order chi connectivity index (χ0) is 19.7. The molecule has 140 valence electrons. The van der Waals surface area contributed by atoms with Gasteiger partial charge < -0.3 is 9.47 Å². The van der Waals surface area contributed by atoms with Gasteiger partial charge in [0.05, 0.1) is 13.2 Å². The van der Waals surface area contributed by atoms with Crippen LogP contribution in [0.5, 0.6) is 0 Å². The summed E-state index contributed by atoms with van der Waals surface area (Å²) in [6.07, 6.45) is 1.58. The molecule has 0 aliphatic rings. The Morgan fingerprint density at radius 3 is 2.00 bits per heavy atom. The lowest BCUT2D eigenvalue weighted by molar-refractivity contribution is -0.146. The zero-order valence-electron chi connectivity index (χ0n) is 15.8. The van der Waals surface area contributed by atoms with Crippen molar-refractivity contribution >= 4 is 50.3 Å². The van der Waals surface area contributed by atoms with E-state index in [0.29, 0.717) is 0 Å². The summed E-state index contributed by atoms with van der Waals surface area (Å²) in [5.74, 6) is -1.35. The van der Waals surface area contributed by atoms with Crippen LogP contribution in [0.25, 0.3) is 38.4 Å². The summed E-state index contributed by atoms with van der Waals surface area (Å²) >= 11 is 0. The van der Waals surface area contributed by atoms with Crippen LogP contribution in [0.15, 0.2) is 60.2 Å². The summed E-state index contributed by atoms with van der Waals surface area (Å²) in [6.45, 7) is 3.79. The first-order chi connectivity index (χ1) is 13.6. The molecule has 0 spiro atoms. The molecule has 0 heterocycles. The Balaban J connectivity index is 2.02. The topological polar surface area (TPSA) is 52.6 Å². The molecule has 0 fully saturated rings. The van der Waals surface area contributed by atoms with Gasteiger partial charge >= 0.3 is 11.9 Å². The van der Waals surface area contributed by atoms with Gasteiger partial charge in [0.15, 0.2) is 0 Å². The maximum Gasteiger partial charge on any atom is 0.345 e. The van der Waals surface area contributed by atoms with E-state index in [1.165, 1.54) is 5.39 Å². The van der Waals surface area contributed by atoms with Crippen molar-refractivity contribution in [1.29, 1.82) is 0 Å². The van der Waals surface area contributed by atoms with Gasteiger partial charge in [-0.25, -0.2) is 9.59 Å². The van der Waals surface area contributed by atoms with Crippen molar-refractivity contribution in [3.63, 3.8) is 0 Å². The van der Waals surface area contributed by atoms with Crippen molar-refractivity contribution in [2.45, 2.75) is 13.8 Å². The van der Waals surface area contributed by atoms with E-state index in [2.05, 4.69) is 24.3 Å². The zero-order valence-corrected chi connectivity index (χ0v) is 15.8. The molecule has 0 aliphatic heterocycles. The highest BCUT2D eigenvalue weighted by molar-refractivity contribution is 6.26. The van der Waals surface area contributed by atoms with Gasteiger partial charge in [-0.2, -0.15) is 0 Å². The molecule has 28 heavy (non-hydrogen) atoms. The van der Waals surface area contributed by atoms with Crippen molar-refractivity contribution in [1.82, 2.24) is 0 Å². The molecule has 0 atom stereocenters. The van der Waals surface area contributed by atoms with Crippen LogP contribution in [0.1, 0.15) is 19.4 Å². The Kier molecular flexibility index (Phi) is 4.70. The van der Waals surface area contributed by atoms with Crippen molar-refractivity contribution in [2.75, 3.05) is 13.2 Å². The Hall–Kier alpha value is -3.40. The molecule has 0 N–H and O–H groups in total. The molecule has 0 aliphatic carbocycles. The molecule has 0 saturated heterocycles. The molecule has 0 aromatic heterocycles. The van der Waals surface area contributed by atoms with Crippen molar-refractivity contribution in [3.8, 4) is 0 Å². The summed E-state index contributed by atoms with van der Waals surface area (Å²) in [6, 6.07) is 18.4. The van der Waals surface area contributed by atoms with E-state index < -0.39 is 11.9 Å². The van der Waals surface area contributed by atoms with Gasteiger partial charge in [0.2, 0.25) is 0 Å². The predicted octanol–water partition coefficient (Wildman–Crippen LogP) is 5.09. The highest BCUT2D eigenvalue weighted by Gasteiger charge is 2.22. The van der Waals surface area contributed by atoms with E-state index in [1.54, 1.807) is 19.9 Å². The van der Waals surface area contributed by atoms with Crippen LogP contribution in [-0.2, 0) is 19.1 Å². The number of carbonyl (C=O) groups excluding carboxylic acids is 2. The second kappa shape index (κ2) is 7.31. The smallest absolute Gasteiger partial charge is 0.345 e. The largest absolute Gasteiger partial charge is 0.462 e. The highest BCUT2D eigenvalue weighted by atomic mass is 16.6. The Bertz CT molecular complexity index is 1200. The Morgan fingerprint density at radius 1 is 0.786 bits per heavy atom. The number of benzene rings is 4. The minimum absolute atomic E-state index is 0.0986. The fourth-order valence-corrected chi connectivity index (χ4v) is 3.68. The van der Waals surface area contributed by atoms with E-state index in [0.717, 1.165) is 32.5 Å². The molecule has 0 bridgehead atoms. The standard InChI is InChI=1S/C24H20O4/c1-3-27-23(25)20(24(26)28-4-2)14-18-13-17-9-5-7-15-11-12-16-8-6-10-19(18)22(16)21(15)17/h5-14H,3-4H2,1-2H3. The van der Waals surface area contributed by atoms with E-state index in [-0.39, 0.29) is 18.8 Å². The van der Waals surface area contributed by atoms with Crippen molar-refractivity contribution in [3.05, 3.63) is 65.7 Å². The summed E-state index contributed by atoms with van der Waals surface area (Å²) in [5, 5.41) is 6.61.